The summed E-state index contributed by atoms with van der Waals surface area (Å²) in [6.07, 6.45) is 6.13. The van der Waals surface area contributed by atoms with Crippen molar-refractivity contribution in [2.75, 3.05) is 18.9 Å². The van der Waals surface area contributed by atoms with Gasteiger partial charge in [0.25, 0.3) is 0 Å². The quantitative estimate of drug-likeness (QED) is 0.825. The molecule has 1 saturated carbocycles. The summed E-state index contributed by atoms with van der Waals surface area (Å²) >= 11 is 2.29. The number of nitrogens with two attached hydrogens (primary N) is 1. The van der Waals surface area contributed by atoms with Crippen LogP contribution in [-0.2, 0) is 4.74 Å². The molecule has 18 heavy (non-hydrogen) atoms. The first-order valence-corrected chi connectivity index (χ1v) is 7.74. The fourth-order valence-corrected chi connectivity index (χ4v) is 3.57. The van der Waals surface area contributed by atoms with E-state index < -0.39 is 0 Å². The van der Waals surface area contributed by atoms with Gasteiger partial charge in [-0.15, -0.1) is 0 Å². The molecular formula is C13H18IN3O. The van der Waals surface area contributed by atoms with Gasteiger partial charge in [-0.05, 0) is 41.9 Å². The second-order valence-corrected chi connectivity index (χ2v) is 6.29. The number of nitrogens with zero attached hydrogens (tertiary/aromatic N) is 2. The van der Waals surface area contributed by atoms with Gasteiger partial charge < -0.3 is 10.5 Å². The summed E-state index contributed by atoms with van der Waals surface area (Å²) in [5.41, 5.74) is 7.24. The van der Waals surface area contributed by atoms with Crippen LogP contribution in [0.15, 0.2) is 0 Å². The van der Waals surface area contributed by atoms with E-state index in [4.69, 9.17) is 15.5 Å². The Morgan fingerprint density at radius 3 is 2.56 bits per heavy atom. The van der Waals surface area contributed by atoms with Crippen LogP contribution < -0.4 is 5.73 Å². The van der Waals surface area contributed by atoms with E-state index in [2.05, 4.69) is 27.6 Å². The van der Waals surface area contributed by atoms with Crippen molar-refractivity contribution >= 4 is 28.4 Å². The summed E-state index contributed by atoms with van der Waals surface area (Å²) < 4.78 is 6.48. The number of halogens is 1. The summed E-state index contributed by atoms with van der Waals surface area (Å²) in [5, 5.41) is 0. The molecule has 2 heterocycles. The predicted molar refractivity (Wildman–Crippen MR) is 78.5 cm³/mol. The van der Waals surface area contributed by atoms with Crippen molar-refractivity contribution in [3.8, 4) is 0 Å². The van der Waals surface area contributed by atoms with E-state index in [0.29, 0.717) is 17.7 Å². The molecule has 0 bridgehead atoms. The zero-order chi connectivity index (χ0) is 12.5. The zero-order valence-electron chi connectivity index (χ0n) is 10.4. The lowest BCUT2D eigenvalue weighted by Gasteiger charge is -2.15. The highest BCUT2D eigenvalue weighted by molar-refractivity contribution is 14.1. The molecule has 1 aliphatic carbocycles. The molecule has 98 valence electrons. The van der Waals surface area contributed by atoms with Crippen molar-refractivity contribution in [3.05, 3.63) is 15.1 Å². The molecule has 4 nitrogen and oxygen atoms in total. The third-order valence-electron chi connectivity index (χ3n) is 3.96. The highest BCUT2D eigenvalue weighted by Crippen LogP contribution is 2.37. The number of nitrogen functional groups attached to an aromatic ring is 1. The molecule has 3 rings (SSSR count). The molecule has 1 aliphatic heterocycles. The highest BCUT2D eigenvalue weighted by atomic mass is 127. The average Bonchev–Trinajstić information content (AvgIpc) is 3.03. The van der Waals surface area contributed by atoms with E-state index in [9.17, 15) is 0 Å². The van der Waals surface area contributed by atoms with Crippen LogP contribution in [0.5, 0.6) is 0 Å². The van der Waals surface area contributed by atoms with Crippen molar-refractivity contribution in [1.82, 2.24) is 9.97 Å². The van der Waals surface area contributed by atoms with Gasteiger partial charge in [0.05, 0.1) is 15.9 Å². The molecule has 2 aliphatic rings. The molecule has 2 fully saturated rings. The zero-order valence-corrected chi connectivity index (χ0v) is 12.5. The van der Waals surface area contributed by atoms with Gasteiger partial charge in [0.2, 0.25) is 0 Å². The number of ether oxygens (including phenoxy) is 1. The molecule has 0 aromatic carbocycles. The van der Waals surface area contributed by atoms with E-state index in [1.165, 1.54) is 31.4 Å². The third-order valence-corrected chi connectivity index (χ3v) is 5.06. The lowest BCUT2D eigenvalue weighted by atomic mass is 10.0. The Bertz CT molecular complexity index is 440. The van der Waals surface area contributed by atoms with E-state index in [1.807, 2.05) is 0 Å². The third kappa shape index (κ3) is 2.34. The SMILES string of the molecule is Nc1nc(C2CCOC2)nc(C2CCCC2)c1I. The van der Waals surface area contributed by atoms with Gasteiger partial charge in [-0.3, -0.25) is 0 Å². The van der Waals surface area contributed by atoms with Crippen molar-refractivity contribution in [3.63, 3.8) is 0 Å². The van der Waals surface area contributed by atoms with E-state index in [1.54, 1.807) is 0 Å². The van der Waals surface area contributed by atoms with Crippen molar-refractivity contribution in [2.24, 2.45) is 0 Å². The molecular weight excluding hydrogens is 341 g/mol. The van der Waals surface area contributed by atoms with Crippen LogP contribution in [0, 0.1) is 3.57 Å². The number of rotatable bonds is 2. The molecule has 1 aromatic heterocycles. The minimum absolute atomic E-state index is 0.337. The summed E-state index contributed by atoms with van der Waals surface area (Å²) in [7, 11) is 0. The van der Waals surface area contributed by atoms with Crippen LogP contribution in [0.2, 0.25) is 0 Å². The first-order chi connectivity index (χ1) is 8.75. The lowest BCUT2D eigenvalue weighted by Crippen LogP contribution is -2.13. The van der Waals surface area contributed by atoms with Crippen LogP contribution in [0.4, 0.5) is 5.82 Å². The van der Waals surface area contributed by atoms with E-state index in [-0.39, 0.29) is 0 Å². The van der Waals surface area contributed by atoms with Crippen LogP contribution >= 0.6 is 22.6 Å². The van der Waals surface area contributed by atoms with Crippen LogP contribution in [0.3, 0.4) is 0 Å². The van der Waals surface area contributed by atoms with Crippen molar-refractivity contribution in [2.45, 2.75) is 43.9 Å². The highest BCUT2D eigenvalue weighted by Gasteiger charge is 2.26. The Hall–Kier alpha value is -0.430. The van der Waals surface area contributed by atoms with E-state index >= 15 is 0 Å². The molecule has 5 heteroatoms. The first kappa shape index (κ1) is 12.6. The summed E-state index contributed by atoms with van der Waals surface area (Å²) in [6.45, 7) is 1.56. The fourth-order valence-electron chi connectivity index (χ4n) is 2.89. The maximum atomic E-state index is 6.06. The van der Waals surface area contributed by atoms with Gasteiger partial charge in [0.15, 0.2) is 0 Å². The molecule has 1 aromatic rings. The molecule has 0 amide bonds. The van der Waals surface area contributed by atoms with Crippen LogP contribution in [-0.4, -0.2) is 23.2 Å². The van der Waals surface area contributed by atoms with Gasteiger partial charge in [-0.25, -0.2) is 9.97 Å². The van der Waals surface area contributed by atoms with Crippen molar-refractivity contribution < 1.29 is 4.74 Å². The van der Waals surface area contributed by atoms with Gasteiger partial charge in [0, 0.05) is 18.4 Å². The molecule has 1 saturated heterocycles. The fraction of sp³-hybridized carbons (Fsp3) is 0.692. The Kier molecular flexibility index (Phi) is 3.70. The van der Waals surface area contributed by atoms with Gasteiger partial charge in [-0.1, -0.05) is 12.8 Å². The normalized spacial score (nSPS) is 24.8. The Morgan fingerprint density at radius 2 is 1.89 bits per heavy atom. The Morgan fingerprint density at radius 1 is 1.11 bits per heavy atom. The van der Waals surface area contributed by atoms with Crippen molar-refractivity contribution in [1.29, 1.82) is 0 Å². The standard InChI is InChI=1S/C13H18IN3O/c14-10-11(8-3-1-2-4-8)16-13(17-12(10)15)9-5-6-18-7-9/h8-9H,1-7H2,(H2,15,16,17). The minimum Gasteiger partial charge on any atom is -0.383 e. The van der Waals surface area contributed by atoms with E-state index in [0.717, 1.165) is 29.0 Å². The summed E-state index contributed by atoms with van der Waals surface area (Å²) in [6, 6.07) is 0. The second-order valence-electron chi connectivity index (χ2n) is 5.21. The number of hydrogen-bond donors (Lipinski definition) is 1. The predicted octanol–water partition coefficient (Wildman–Crippen LogP) is 2.82. The van der Waals surface area contributed by atoms with Gasteiger partial charge in [0.1, 0.15) is 11.6 Å². The minimum atomic E-state index is 0.337. The average molecular weight is 359 g/mol. The molecule has 2 N–H and O–H groups in total. The first-order valence-electron chi connectivity index (χ1n) is 6.66. The molecule has 0 radical (unpaired) electrons. The molecule has 1 unspecified atom stereocenters. The Balaban J connectivity index is 1.95. The lowest BCUT2D eigenvalue weighted by molar-refractivity contribution is 0.193. The number of aromatic nitrogens is 2. The topological polar surface area (TPSA) is 61.0 Å². The van der Waals surface area contributed by atoms with Gasteiger partial charge in [-0.2, -0.15) is 0 Å². The van der Waals surface area contributed by atoms with Crippen LogP contribution in [0.1, 0.15) is 55.5 Å². The van der Waals surface area contributed by atoms with Gasteiger partial charge >= 0.3 is 0 Å². The maximum Gasteiger partial charge on any atom is 0.140 e. The smallest absolute Gasteiger partial charge is 0.140 e. The summed E-state index contributed by atoms with van der Waals surface area (Å²) in [4.78, 5) is 9.28. The number of anilines is 1. The molecule has 0 spiro atoms. The largest absolute Gasteiger partial charge is 0.383 e. The maximum absolute atomic E-state index is 6.06. The number of hydrogen-bond acceptors (Lipinski definition) is 4. The summed E-state index contributed by atoms with van der Waals surface area (Å²) in [5.74, 6) is 2.47. The molecule has 1 atom stereocenters. The monoisotopic (exact) mass is 359 g/mol. The van der Waals surface area contributed by atoms with Crippen LogP contribution in [0.25, 0.3) is 0 Å². The Labute approximate surface area is 121 Å². The second kappa shape index (κ2) is 5.28.